The van der Waals surface area contributed by atoms with Gasteiger partial charge in [-0.15, -0.1) is 0 Å². The average molecular weight is 333 g/mol. The van der Waals surface area contributed by atoms with Crippen LogP contribution in [-0.4, -0.2) is 16.8 Å². The fourth-order valence-corrected chi connectivity index (χ4v) is 1.87. The summed E-state index contributed by atoms with van der Waals surface area (Å²) in [6.07, 6.45) is 3.20. The van der Waals surface area contributed by atoms with Crippen LogP contribution in [0.15, 0.2) is 42.7 Å². The largest absolute Gasteiger partial charge is 0.351 e. The number of halogens is 2. The molecule has 24 heavy (non-hydrogen) atoms. The van der Waals surface area contributed by atoms with Crippen LogP contribution < -0.4 is 10.6 Å². The van der Waals surface area contributed by atoms with Gasteiger partial charge in [0.25, 0.3) is 0 Å². The summed E-state index contributed by atoms with van der Waals surface area (Å²) >= 11 is 0. The van der Waals surface area contributed by atoms with Gasteiger partial charge >= 0.3 is 0 Å². The molecule has 2 rings (SSSR count). The lowest BCUT2D eigenvalue weighted by atomic mass is 9.91. The number of anilines is 1. The van der Waals surface area contributed by atoms with E-state index in [1.54, 1.807) is 24.5 Å². The van der Waals surface area contributed by atoms with Crippen molar-refractivity contribution in [1.29, 1.82) is 0 Å². The number of hydrogen-bond donors (Lipinski definition) is 2. The number of carbonyl (C=O) groups is 2. The molecule has 5 nitrogen and oxygen atoms in total. The monoisotopic (exact) mass is 333 g/mol. The minimum Gasteiger partial charge on any atom is -0.351 e. The van der Waals surface area contributed by atoms with Crippen molar-refractivity contribution in [2.75, 3.05) is 5.32 Å². The maximum Gasteiger partial charge on any atom is 0.239 e. The van der Waals surface area contributed by atoms with Crippen molar-refractivity contribution in [3.05, 3.63) is 59.9 Å². The zero-order valence-corrected chi connectivity index (χ0v) is 13.3. The van der Waals surface area contributed by atoms with E-state index >= 15 is 0 Å². The number of amides is 2. The van der Waals surface area contributed by atoms with E-state index in [4.69, 9.17) is 0 Å². The normalized spacial score (nSPS) is 11.0. The van der Waals surface area contributed by atoms with Crippen LogP contribution in [0.5, 0.6) is 0 Å². The molecule has 0 bridgehead atoms. The Morgan fingerprint density at radius 3 is 2.33 bits per heavy atom. The van der Waals surface area contributed by atoms with Gasteiger partial charge in [0.1, 0.15) is 5.41 Å². The standard InChI is InChI=1S/C17H17F2N3O2/c1-17(2,15(23)21-10-11-5-7-20-8-6-11)16(24)22-12-3-4-13(18)14(19)9-12/h3-9H,10H2,1-2H3,(H,21,23)(H,22,24). The molecule has 0 aliphatic rings. The highest BCUT2D eigenvalue weighted by molar-refractivity contribution is 6.09. The van der Waals surface area contributed by atoms with Gasteiger partial charge in [-0.05, 0) is 43.7 Å². The van der Waals surface area contributed by atoms with Crippen LogP contribution in [-0.2, 0) is 16.1 Å². The summed E-state index contributed by atoms with van der Waals surface area (Å²) in [7, 11) is 0. The van der Waals surface area contributed by atoms with E-state index in [9.17, 15) is 18.4 Å². The molecule has 2 aromatic rings. The van der Waals surface area contributed by atoms with Crippen LogP contribution >= 0.6 is 0 Å². The second kappa shape index (κ2) is 7.16. The van der Waals surface area contributed by atoms with Crippen molar-refractivity contribution in [3.8, 4) is 0 Å². The Balaban J connectivity index is 2.00. The predicted octanol–water partition coefficient (Wildman–Crippen LogP) is 2.64. The maximum atomic E-state index is 13.2. The molecule has 0 unspecified atom stereocenters. The van der Waals surface area contributed by atoms with E-state index in [1.165, 1.54) is 19.9 Å². The summed E-state index contributed by atoms with van der Waals surface area (Å²) in [6.45, 7) is 3.15. The molecule has 126 valence electrons. The molecular formula is C17H17F2N3O2. The average Bonchev–Trinajstić information content (AvgIpc) is 2.56. The van der Waals surface area contributed by atoms with E-state index in [1.807, 2.05) is 0 Å². The Morgan fingerprint density at radius 1 is 1.04 bits per heavy atom. The molecule has 7 heteroatoms. The van der Waals surface area contributed by atoms with Crippen LogP contribution in [0.3, 0.4) is 0 Å². The SMILES string of the molecule is CC(C)(C(=O)NCc1ccncc1)C(=O)Nc1ccc(F)c(F)c1. The van der Waals surface area contributed by atoms with Crippen molar-refractivity contribution < 1.29 is 18.4 Å². The molecule has 0 fully saturated rings. The second-order valence-corrected chi connectivity index (χ2v) is 5.75. The summed E-state index contributed by atoms with van der Waals surface area (Å²) < 4.78 is 26.1. The molecule has 1 aromatic carbocycles. The van der Waals surface area contributed by atoms with Crippen molar-refractivity contribution in [2.24, 2.45) is 5.41 Å². The first-order valence-corrected chi connectivity index (χ1v) is 7.24. The Morgan fingerprint density at radius 2 is 1.71 bits per heavy atom. The smallest absolute Gasteiger partial charge is 0.239 e. The summed E-state index contributed by atoms with van der Waals surface area (Å²) in [5.41, 5.74) is -0.471. The maximum absolute atomic E-state index is 13.2. The fraction of sp³-hybridized carbons (Fsp3) is 0.235. The van der Waals surface area contributed by atoms with Crippen LogP contribution in [0, 0.1) is 17.0 Å². The third kappa shape index (κ3) is 4.13. The lowest BCUT2D eigenvalue weighted by Gasteiger charge is -2.22. The first-order chi connectivity index (χ1) is 11.3. The van der Waals surface area contributed by atoms with E-state index in [0.717, 1.165) is 17.7 Å². The zero-order chi connectivity index (χ0) is 17.7. The first-order valence-electron chi connectivity index (χ1n) is 7.24. The number of pyridine rings is 1. The highest BCUT2D eigenvalue weighted by atomic mass is 19.2. The lowest BCUT2D eigenvalue weighted by Crippen LogP contribution is -2.44. The van der Waals surface area contributed by atoms with Gasteiger partial charge in [0.05, 0.1) is 0 Å². The third-order valence-corrected chi connectivity index (χ3v) is 3.52. The molecule has 1 heterocycles. The molecule has 2 N–H and O–H groups in total. The van der Waals surface area contributed by atoms with E-state index < -0.39 is 28.9 Å². The molecule has 0 spiro atoms. The number of aromatic nitrogens is 1. The zero-order valence-electron chi connectivity index (χ0n) is 13.3. The van der Waals surface area contributed by atoms with E-state index in [-0.39, 0.29) is 12.2 Å². The highest BCUT2D eigenvalue weighted by Gasteiger charge is 2.36. The van der Waals surface area contributed by atoms with Crippen LogP contribution in [0.25, 0.3) is 0 Å². The van der Waals surface area contributed by atoms with Gasteiger partial charge in [0.15, 0.2) is 11.6 Å². The van der Waals surface area contributed by atoms with Gasteiger partial charge < -0.3 is 10.6 Å². The second-order valence-electron chi connectivity index (χ2n) is 5.75. The summed E-state index contributed by atoms with van der Waals surface area (Å²) in [5, 5.41) is 5.08. The Bertz CT molecular complexity index is 749. The number of benzene rings is 1. The fourth-order valence-electron chi connectivity index (χ4n) is 1.87. The molecule has 0 saturated carbocycles. The van der Waals surface area contributed by atoms with E-state index in [0.29, 0.717) is 0 Å². The Hall–Kier alpha value is -2.83. The van der Waals surface area contributed by atoms with Crippen LogP contribution in [0.2, 0.25) is 0 Å². The van der Waals surface area contributed by atoms with Crippen molar-refractivity contribution >= 4 is 17.5 Å². The summed E-state index contributed by atoms with van der Waals surface area (Å²) in [4.78, 5) is 28.4. The molecule has 0 aliphatic carbocycles. The predicted molar refractivity (Wildman–Crippen MR) is 84.9 cm³/mol. The van der Waals surface area contributed by atoms with Gasteiger partial charge in [0.2, 0.25) is 11.8 Å². The van der Waals surface area contributed by atoms with E-state index in [2.05, 4.69) is 15.6 Å². The first kappa shape index (κ1) is 17.5. The Labute approximate surface area is 138 Å². The summed E-state index contributed by atoms with van der Waals surface area (Å²) in [5.74, 6) is -3.20. The molecule has 0 saturated heterocycles. The molecule has 0 radical (unpaired) electrons. The molecular weight excluding hydrogens is 316 g/mol. The van der Waals surface area contributed by atoms with Crippen molar-refractivity contribution in [2.45, 2.75) is 20.4 Å². The van der Waals surface area contributed by atoms with Crippen LogP contribution in [0.4, 0.5) is 14.5 Å². The molecule has 0 aliphatic heterocycles. The topological polar surface area (TPSA) is 71.1 Å². The van der Waals surface area contributed by atoms with Crippen molar-refractivity contribution in [1.82, 2.24) is 10.3 Å². The minimum atomic E-state index is -1.39. The molecule has 0 atom stereocenters. The third-order valence-electron chi connectivity index (χ3n) is 3.52. The number of hydrogen-bond acceptors (Lipinski definition) is 3. The van der Waals surface area contributed by atoms with Crippen molar-refractivity contribution in [3.63, 3.8) is 0 Å². The summed E-state index contributed by atoms with van der Waals surface area (Å²) in [6, 6.07) is 6.48. The number of carbonyl (C=O) groups excluding carboxylic acids is 2. The quantitative estimate of drug-likeness (QED) is 0.827. The number of rotatable bonds is 5. The molecule has 1 aromatic heterocycles. The molecule has 2 amide bonds. The Kier molecular flexibility index (Phi) is 5.23. The van der Waals surface area contributed by atoms with Crippen LogP contribution in [0.1, 0.15) is 19.4 Å². The van der Waals surface area contributed by atoms with Gasteiger partial charge in [0, 0.05) is 30.7 Å². The number of nitrogens with zero attached hydrogens (tertiary/aromatic N) is 1. The van der Waals surface area contributed by atoms with Gasteiger partial charge in [-0.2, -0.15) is 0 Å². The minimum absolute atomic E-state index is 0.0777. The van der Waals surface area contributed by atoms with Gasteiger partial charge in [-0.1, -0.05) is 0 Å². The number of nitrogens with one attached hydrogen (secondary N) is 2. The highest BCUT2D eigenvalue weighted by Crippen LogP contribution is 2.20. The van der Waals surface area contributed by atoms with Gasteiger partial charge in [-0.25, -0.2) is 8.78 Å². The van der Waals surface area contributed by atoms with Gasteiger partial charge in [-0.3, -0.25) is 14.6 Å². The lowest BCUT2D eigenvalue weighted by molar-refractivity contribution is -0.138.